The molecule has 1 amide bonds. The first-order valence-corrected chi connectivity index (χ1v) is 6.43. The lowest BCUT2D eigenvalue weighted by Crippen LogP contribution is -2.41. The Morgan fingerprint density at radius 1 is 1.53 bits per heavy atom. The maximum atomic E-state index is 12.9. The van der Waals surface area contributed by atoms with Gasteiger partial charge < -0.3 is 10.6 Å². The fraction of sp³-hybridized carbons (Fsp3) is 0.500. The Morgan fingerprint density at radius 3 is 2.95 bits per heavy atom. The molecule has 2 N–H and O–H groups in total. The van der Waals surface area contributed by atoms with Crippen molar-refractivity contribution in [1.82, 2.24) is 10.6 Å². The van der Waals surface area contributed by atoms with E-state index in [1.807, 2.05) is 6.92 Å². The van der Waals surface area contributed by atoms with Crippen LogP contribution in [0.2, 0.25) is 0 Å². The summed E-state index contributed by atoms with van der Waals surface area (Å²) in [5.41, 5.74) is 2.01. The van der Waals surface area contributed by atoms with Crippen LogP contribution in [0, 0.1) is 12.7 Å². The van der Waals surface area contributed by atoms with Crippen LogP contribution in [0.15, 0.2) is 18.2 Å². The van der Waals surface area contributed by atoms with Crippen LogP contribution in [-0.2, 0) is 11.2 Å². The predicted molar refractivity (Wildman–Crippen MR) is 76.1 cm³/mol. The van der Waals surface area contributed by atoms with Gasteiger partial charge in [0.25, 0.3) is 0 Å². The number of benzene rings is 1. The van der Waals surface area contributed by atoms with Crippen LogP contribution in [0.3, 0.4) is 0 Å². The first-order chi connectivity index (χ1) is 8.66. The smallest absolute Gasteiger partial charge is 0.237 e. The number of amides is 1. The molecule has 106 valence electrons. The van der Waals surface area contributed by atoms with Crippen LogP contribution in [-0.4, -0.2) is 25.0 Å². The Balaban J connectivity index is 0.00000180. The molecule has 1 aliphatic rings. The zero-order valence-electron chi connectivity index (χ0n) is 11.0. The highest BCUT2D eigenvalue weighted by Crippen LogP contribution is 2.10. The van der Waals surface area contributed by atoms with Crippen LogP contribution in [0.1, 0.15) is 24.0 Å². The van der Waals surface area contributed by atoms with Crippen molar-refractivity contribution in [2.75, 3.05) is 13.1 Å². The second kappa shape index (κ2) is 7.46. The molecule has 1 aliphatic heterocycles. The molecule has 0 radical (unpaired) electrons. The average molecular weight is 287 g/mol. The molecule has 19 heavy (non-hydrogen) atoms. The third-order valence-corrected chi connectivity index (χ3v) is 3.38. The highest BCUT2D eigenvalue weighted by molar-refractivity contribution is 5.85. The first-order valence-electron chi connectivity index (χ1n) is 6.43. The molecule has 1 heterocycles. The number of aryl methyl sites for hydroxylation is 1. The number of hydrogen-bond acceptors (Lipinski definition) is 2. The Labute approximate surface area is 119 Å². The van der Waals surface area contributed by atoms with Crippen LogP contribution < -0.4 is 10.6 Å². The van der Waals surface area contributed by atoms with Crippen LogP contribution >= 0.6 is 12.4 Å². The van der Waals surface area contributed by atoms with E-state index in [1.165, 1.54) is 12.1 Å². The molecule has 0 bridgehead atoms. The Kier molecular flexibility index (Phi) is 6.25. The van der Waals surface area contributed by atoms with E-state index in [4.69, 9.17) is 0 Å². The zero-order chi connectivity index (χ0) is 13.0. The van der Waals surface area contributed by atoms with E-state index in [9.17, 15) is 9.18 Å². The number of carbonyl (C=O) groups excluding carboxylic acids is 1. The molecule has 1 saturated heterocycles. The third-order valence-electron chi connectivity index (χ3n) is 3.38. The second-order valence-corrected chi connectivity index (χ2v) is 4.76. The van der Waals surface area contributed by atoms with Crippen molar-refractivity contribution >= 4 is 18.3 Å². The summed E-state index contributed by atoms with van der Waals surface area (Å²) in [5.74, 6) is -0.136. The minimum atomic E-state index is -0.213. The molecule has 0 aromatic heterocycles. The topological polar surface area (TPSA) is 41.1 Å². The lowest BCUT2D eigenvalue weighted by atomic mass is 10.1. The first kappa shape index (κ1) is 15.9. The molecule has 0 aliphatic carbocycles. The third kappa shape index (κ3) is 4.48. The van der Waals surface area contributed by atoms with Gasteiger partial charge in [-0.25, -0.2) is 4.39 Å². The maximum absolute atomic E-state index is 12.9. The molecule has 2 rings (SSSR count). The van der Waals surface area contributed by atoms with Crippen LogP contribution in [0.5, 0.6) is 0 Å². The van der Waals surface area contributed by atoms with Crippen LogP contribution in [0.4, 0.5) is 4.39 Å². The molecule has 1 aromatic rings. The summed E-state index contributed by atoms with van der Waals surface area (Å²) in [6.07, 6.45) is 2.72. The summed E-state index contributed by atoms with van der Waals surface area (Å²) >= 11 is 0. The molecule has 1 fully saturated rings. The Hall–Kier alpha value is -1.13. The zero-order valence-corrected chi connectivity index (χ0v) is 11.9. The van der Waals surface area contributed by atoms with Gasteiger partial charge in [-0.15, -0.1) is 12.4 Å². The quantitative estimate of drug-likeness (QED) is 0.888. The van der Waals surface area contributed by atoms with Gasteiger partial charge in [0.15, 0.2) is 0 Å². The lowest BCUT2D eigenvalue weighted by Gasteiger charge is -2.11. The molecule has 5 heteroatoms. The average Bonchev–Trinajstić information content (AvgIpc) is 2.85. The predicted octanol–water partition coefficient (Wildman–Crippen LogP) is 1.97. The maximum Gasteiger partial charge on any atom is 0.237 e. The summed E-state index contributed by atoms with van der Waals surface area (Å²) in [6.45, 7) is 3.41. The number of rotatable bonds is 4. The van der Waals surface area contributed by atoms with Crippen molar-refractivity contribution in [2.45, 2.75) is 32.2 Å². The highest BCUT2D eigenvalue weighted by atomic mass is 35.5. The SMILES string of the molecule is Cc1cc(F)ccc1CCNC(=O)[C@@H]1CCCN1.Cl. The molecule has 1 aromatic carbocycles. The van der Waals surface area contributed by atoms with Gasteiger partial charge in [-0.2, -0.15) is 0 Å². The summed E-state index contributed by atoms with van der Waals surface area (Å²) in [4.78, 5) is 11.7. The molecule has 0 saturated carbocycles. The van der Waals surface area contributed by atoms with Crippen molar-refractivity contribution in [3.8, 4) is 0 Å². The van der Waals surface area contributed by atoms with Gasteiger partial charge in [0.1, 0.15) is 5.82 Å². The minimum absolute atomic E-state index is 0. The number of halogens is 2. The molecule has 3 nitrogen and oxygen atoms in total. The van der Waals surface area contributed by atoms with Gasteiger partial charge >= 0.3 is 0 Å². The van der Waals surface area contributed by atoms with E-state index in [0.717, 1.165) is 36.9 Å². The molecule has 0 unspecified atom stereocenters. The molecular formula is C14H20ClFN2O. The normalized spacial score (nSPS) is 17.9. The summed E-state index contributed by atoms with van der Waals surface area (Å²) in [5, 5.41) is 6.08. The van der Waals surface area contributed by atoms with Gasteiger partial charge in [0.05, 0.1) is 6.04 Å². The fourth-order valence-corrected chi connectivity index (χ4v) is 2.29. The van der Waals surface area contributed by atoms with E-state index in [2.05, 4.69) is 10.6 Å². The van der Waals surface area contributed by atoms with Crippen molar-refractivity contribution in [2.24, 2.45) is 0 Å². The number of hydrogen-bond donors (Lipinski definition) is 2. The van der Waals surface area contributed by atoms with Gasteiger partial charge in [-0.1, -0.05) is 6.07 Å². The molecule has 1 atom stereocenters. The summed E-state index contributed by atoms with van der Waals surface area (Å²) in [7, 11) is 0. The monoisotopic (exact) mass is 286 g/mol. The van der Waals surface area contributed by atoms with Gasteiger partial charge in [0.2, 0.25) is 5.91 Å². The standard InChI is InChI=1S/C14H19FN2O.ClH/c1-10-9-12(15)5-4-11(10)6-8-17-14(18)13-3-2-7-16-13;/h4-5,9,13,16H,2-3,6-8H2,1H3,(H,17,18);1H/t13-;/m0./s1. The Bertz CT molecular complexity index is 433. The molecule has 0 spiro atoms. The summed E-state index contributed by atoms with van der Waals surface area (Å²) < 4.78 is 12.9. The highest BCUT2D eigenvalue weighted by Gasteiger charge is 2.21. The van der Waals surface area contributed by atoms with Crippen LogP contribution in [0.25, 0.3) is 0 Å². The minimum Gasteiger partial charge on any atom is -0.354 e. The van der Waals surface area contributed by atoms with Gasteiger partial charge in [-0.05, 0) is 56.0 Å². The van der Waals surface area contributed by atoms with E-state index in [-0.39, 0.29) is 30.2 Å². The Morgan fingerprint density at radius 2 is 2.32 bits per heavy atom. The van der Waals surface area contributed by atoms with Crippen molar-refractivity contribution < 1.29 is 9.18 Å². The van der Waals surface area contributed by atoms with Crippen molar-refractivity contribution in [3.63, 3.8) is 0 Å². The van der Waals surface area contributed by atoms with Crippen molar-refractivity contribution in [1.29, 1.82) is 0 Å². The van der Waals surface area contributed by atoms with Gasteiger partial charge in [-0.3, -0.25) is 4.79 Å². The fourth-order valence-electron chi connectivity index (χ4n) is 2.29. The van der Waals surface area contributed by atoms with E-state index < -0.39 is 0 Å². The van der Waals surface area contributed by atoms with E-state index in [0.29, 0.717) is 6.54 Å². The van der Waals surface area contributed by atoms with E-state index in [1.54, 1.807) is 6.07 Å². The van der Waals surface area contributed by atoms with Crippen molar-refractivity contribution in [3.05, 3.63) is 35.1 Å². The number of nitrogens with one attached hydrogen (secondary N) is 2. The summed E-state index contributed by atoms with van der Waals surface area (Å²) in [6, 6.07) is 4.74. The largest absolute Gasteiger partial charge is 0.354 e. The number of carbonyl (C=O) groups is 1. The second-order valence-electron chi connectivity index (χ2n) is 4.76. The van der Waals surface area contributed by atoms with E-state index >= 15 is 0 Å². The molecular weight excluding hydrogens is 267 g/mol. The lowest BCUT2D eigenvalue weighted by molar-refractivity contribution is -0.122. The van der Waals surface area contributed by atoms with Gasteiger partial charge in [0, 0.05) is 6.54 Å².